The average molecular weight is 308 g/mol. The van der Waals surface area contributed by atoms with Crippen LogP contribution >= 0.6 is 0 Å². The van der Waals surface area contributed by atoms with E-state index in [9.17, 15) is 8.42 Å². The summed E-state index contributed by atoms with van der Waals surface area (Å²) in [5.41, 5.74) is 2.46. The monoisotopic (exact) mass is 308 g/mol. The summed E-state index contributed by atoms with van der Waals surface area (Å²) in [6.07, 6.45) is 7.80. The Labute approximate surface area is 127 Å². The highest BCUT2D eigenvalue weighted by Gasteiger charge is 2.13. The van der Waals surface area contributed by atoms with Gasteiger partial charge in [-0.1, -0.05) is 23.8 Å². The Morgan fingerprint density at radius 1 is 1.14 bits per heavy atom. The molecule has 0 fully saturated rings. The van der Waals surface area contributed by atoms with Gasteiger partial charge < -0.3 is 5.32 Å². The molecule has 0 amide bonds. The molecule has 0 unspecified atom stereocenters. The van der Waals surface area contributed by atoms with Crippen molar-refractivity contribution in [1.29, 1.82) is 0 Å². The van der Waals surface area contributed by atoms with Gasteiger partial charge in [0.05, 0.1) is 4.90 Å². The standard InChI is InChI=1S/C16H24N2O2S/c1-17-13-15-7-9-16(10-8-15)21(19,20)18-12-11-14-5-3-2-4-6-14/h5,7-10,17-18H,2-4,6,11-13H2,1H3. The minimum atomic E-state index is -3.39. The first-order valence-electron chi connectivity index (χ1n) is 7.53. The molecule has 1 aliphatic carbocycles. The van der Waals surface area contributed by atoms with Crippen LogP contribution in [0, 0.1) is 0 Å². The highest BCUT2D eigenvalue weighted by atomic mass is 32.2. The maximum atomic E-state index is 12.2. The lowest BCUT2D eigenvalue weighted by Gasteiger charge is -2.13. The molecule has 0 bridgehead atoms. The highest BCUT2D eigenvalue weighted by molar-refractivity contribution is 7.89. The molecule has 0 radical (unpaired) electrons. The molecule has 0 heterocycles. The van der Waals surface area contributed by atoms with Gasteiger partial charge in [-0.3, -0.25) is 0 Å². The van der Waals surface area contributed by atoms with Gasteiger partial charge >= 0.3 is 0 Å². The maximum absolute atomic E-state index is 12.2. The van der Waals surface area contributed by atoms with Gasteiger partial charge in [0.15, 0.2) is 0 Å². The molecule has 0 aliphatic heterocycles. The average Bonchev–Trinajstić information content (AvgIpc) is 2.49. The lowest BCUT2D eigenvalue weighted by atomic mass is 9.97. The van der Waals surface area contributed by atoms with Gasteiger partial charge in [-0.05, 0) is 56.8 Å². The summed E-state index contributed by atoms with van der Waals surface area (Å²) in [6, 6.07) is 7.01. The van der Waals surface area contributed by atoms with Crippen molar-refractivity contribution in [3.63, 3.8) is 0 Å². The van der Waals surface area contributed by atoms with Crippen LogP contribution in [0.5, 0.6) is 0 Å². The van der Waals surface area contributed by atoms with E-state index in [4.69, 9.17) is 0 Å². The summed E-state index contributed by atoms with van der Waals surface area (Å²) < 4.78 is 27.1. The lowest BCUT2D eigenvalue weighted by Crippen LogP contribution is -2.25. The third-order valence-corrected chi connectivity index (χ3v) is 5.21. The molecule has 1 aromatic carbocycles. The molecule has 0 spiro atoms. The number of hydrogen-bond donors (Lipinski definition) is 2. The van der Waals surface area contributed by atoms with Crippen molar-refractivity contribution in [1.82, 2.24) is 10.0 Å². The van der Waals surface area contributed by atoms with Gasteiger partial charge in [0.25, 0.3) is 0 Å². The second-order valence-corrected chi connectivity index (χ2v) is 7.20. The Kier molecular flexibility index (Phi) is 5.96. The number of allylic oxidation sites excluding steroid dienone is 1. The van der Waals surface area contributed by atoms with Crippen LogP contribution in [0.15, 0.2) is 40.8 Å². The van der Waals surface area contributed by atoms with Crippen LogP contribution < -0.4 is 10.0 Å². The quantitative estimate of drug-likeness (QED) is 0.761. The fraction of sp³-hybridized carbons (Fsp3) is 0.500. The van der Waals surface area contributed by atoms with Crippen LogP contribution in [0.25, 0.3) is 0 Å². The first kappa shape index (κ1) is 16.2. The second-order valence-electron chi connectivity index (χ2n) is 5.43. The molecule has 4 nitrogen and oxygen atoms in total. The van der Waals surface area contributed by atoms with Crippen LogP contribution in [0.2, 0.25) is 0 Å². The van der Waals surface area contributed by atoms with E-state index in [1.165, 1.54) is 18.4 Å². The van der Waals surface area contributed by atoms with E-state index in [1.807, 2.05) is 19.2 Å². The highest BCUT2D eigenvalue weighted by Crippen LogP contribution is 2.19. The topological polar surface area (TPSA) is 58.2 Å². The summed E-state index contributed by atoms with van der Waals surface area (Å²) in [6.45, 7) is 1.22. The molecule has 1 aliphatic rings. The van der Waals surface area contributed by atoms with Crippen molar-refractivity contribution in [3.05, 3.63) is 41.5 Å². The molecular formula is C16H24N2O2S. The lowest BCUT2D eigenvalue weighted by molar-refractivity contribution is 0.579. The van der Waals surface area contributed by atoms with Crippen LogP contribution in [0.4, 0.5) is 0 Å². The van der Waals surface area contributed by atoms with Gasteiger partial charge in [-0.15, -0.1) is 0 Å². The second kappa shape index (κ2) is 7.73. The summed E-state index contributed by atoms with van der Waals surface area (Å²) in [7, 11) is -1.52. The molecule has 2 N–H and O–H groups in total. The normalized spacial score (nSPS) is 15.8. The van der Waals surface area contributed by atoms with Crippen molar-refractivity contribution in [3.8, 4) is 0 Å². The predicted octanol–water partition coefficient (Wildman–Crippen LogP) is 2.57. The molecule has 1 aromatic rings. The summed E-state index contributed by atoms with van der Waals surface area (Å²) in [4.78, 5) is 0.333. The van der Waals surface area contributed by atoms with Crippen LogP contribution in [0.3, 0.4) is 0 Å². The third-order valence-electron chi connectivity index (χ3n) is 3.74. The van der Waals surface area contributed by atoms with Gasteiger partial charge in [0.2, 0.25) is 10.0 Å². The van der Waals surface area contributed by atoms with Crippen LogP contribution in [0.1, 0.15) is 37.7 Å². The largest absolute Gasteiger partial charge is 0.316 e. The molecule has 0 aromatic heterocycles. The van der Waals surface area contributed by atoms with E-state index < -0.39 is 10.0 Å². The summed E-state index contributed by atoms with van der Waals surface area (Å²) >= 11 is 0. The summed E-state index contributed by atoms with van der Waals surface area (Å²) in [5.74, 6) is 0. The number of sulfonamides is 1. The van der Waals surface area contributed by atoms with Crippen molar-refractivity contribution in [2.45, 2.75) is 43.5 Å². The molecule has 2 rings (SSSR count). The Hall–Kier alpha value is -1.17. The number of hydrogen-bond acceptors (Lipinski definition) is 3. The molecule has 0 saturated heterocycles. The van der Waals surface area contributed by atoms with E-state index >= 15 is 0 Å². The van der Waals surface area contributed by atoms with Crippen molar-refractivity contribution in [2.75, 3.05) is 13.6 Å². The minimum absolute atomic E-state index is 0.333. The van der Waals surface area contributed by atoms with Gasteiger partial charge in [-0.2, -0.15) is 0 Å². The molecule has 5 heteroatoms. The SMILES string of the molecule is CNCc1ccc(S(=O)(=O)NCCC2=CCCCC2)cc1. The fourth-order valence-corrected chi connectivity index (χ4v) is 3.58. The van der Waals surface area contributed by atoms with Crippen molar-refractivity contribution in [2.24, 2.45) is 0 Å². The number of benzene rings is 1. The van der Waals surface area contributed by atoms with Gasteiger partial charge in [0.1, 0.15) is 0 Å². The Bertz CT molecular complexity index is 577. The van der Waals surface area contributed by atoms with E-state index in [-0.39, 0.29) is 0 Å². The molecule has 116 valence electrons. The van der Waals surface area contributed by atoms with Crippen molar-refractivity contribution < 1.29 is 8.42 Å². The molecule has 0 saturated carbocycles. The smallest absolute Gasteiger partial charge is 0.240 e. The number of nitrogens with one attached hydrogen (secondary N) is 2. The first-order chi connectivity index (χ1) is 10.1. The Morgan fingerprint density at radius 3 is 2.52 bits per heavy atom. The summed E-state index contributed by atoms with van der Waals surface area (Å²) in [5, 5.41) is 3.04. The zero-order valence-corrected chi connectivity index (χ0v) is 13.4. The van der Waals surface area contributed by atoms with Crippen LogP contribution in [-0.4, -0.2) is 22.0 Å². The van der Waals surface area contributed by atoms with E-state index in [1.54, 1.807) is 12.1 Å². The fourth-order valence-electron chi connectivity index (χ4n) is 2.55. The Morgan fingerprint density at radius 2 is 1.90 bits per heavy atom. The maximum Gasteiger partial charge on any atom is 0.240 e. The zero-order valence-electron chi connectivity index (χ0n) is 12.6. The predicted molar refractivity (Wildman–Crippen MR) is 85.6 cm³/mol. The third kappa shape index (κ3) is 4.95. The first-order valence-corrected chi connectivity index (χ1v) is 9.01. The van der Waals surface area contributed by atoms with Gasteiger partial charge in [-0.25, -0.2) is 13.1 Å². The minimum Gasteiger partial charge on any atom is -0.316 e. The molecule has 0 atom stereocenters. The molecular weight excluding hydrogens is 284 g/mol. The van der Waals surface area contributed by atoms with Crippen LogP contribution in [-0.2, 0) is 16.6 Å². The van der Waals surface area contributed by atoms with E-state index in [2.05, 4.69) is 16.1 Å². The van der Waals surface area contributed by atoms with Gasteiger partial charge in [0, 0.05) is 13.1 Å². The zero-order chi connectivity index (χ0) is 15.1. The molecule has 21 heavy (non-hydrogen) atoms. The van der Waals surface area contributed by atoms with E-state index in [0.717, 1.165) is 31.4 Å². The van der Waals surface area contributed by atoms with E-state index in [0.29, 0.717) is 11.4 Å². The number of rotatable bonds is 7. The van der Waals surface area contributed by atoms with Crippen molar-refractivity contribution >= 4 is 10.0 Å². The Balaban J connectivity index is 1.90.